The van der Waals surface area contributed by atoms with Crippen LogP contribution in [0.25, 0.3) is 0 Å². The Balaban J connectivity index is 2.07. The van der Waals surface area contributed by atoms with Gasteiger partial charge in [0.15, 0.2) is 0 Å². The van der Waals surface area contributed by atoms with Gasteiger partial charge in [-0.2, -0.15) is 0 Å². The molecule has 1 aliphatic heterocycles. The second-order valence-corrected chi connectivity index (χ2v) is 3.98. The summed E-state index contributed by atoms with van der Waals surface area (Å²) in [6.45, 7) is 1.51. The summed E-state index contributed by atoms with van der Waals surface area (Å²) in [4.78, 5) is 2.12. The van der Waals surface area contributed by atoms with E-state index in [4.69, 9.17) is 0 Å². The van der Waals surface area contributed by atoms with Crippen molar-refractivity contribution < 1.29 is 4.39 Å². The van der Waals surface area contributed by atoms with Gasteiger partial charge in [-0.3, -0.25) is 0 Å². The summed E-state index contributed by atoms with van der Waals surface area (Å²) in [5, 5.41) is 3.07. The third-order valence-corrected chi connectivity index (χ3v) is 2.89. The predicted molar refractivity (Wildman–Crippen MR) is 62.3 cm³/mol. The van der Waals surface area contributed by atoms with E-state index in [2.05, 4.69) is 10.2 Å². The number of benzene rings is 1. The first kappa shape index (κ1) is 10.3. The molecule has 0 radical (unpaired) electrons. The quantitative estimate of drug-likeness (QED) is 0.803. The number of piperidine rings is 1. The molecular formula is C12H17FN2. The number of nitrogens with zero attached hydrogens (tertiary/aromatic N) is 1. The lowest BCUT2D eigenvalue weighted by atomic mass is 10.1. The highest BCUT2D eigenvalue weighted by Gasteiger charge is 2.18. The zero-order valence-corrected chi connectivity index (χ0v) is 9.04. The van der Waals surface area contributed by atoms with Gasteiger partial charge in [0.05, 0.1) is 0 Å². The van der Waals surface area contributed by atoms with Crippen LogP contribution in [0.5, 0.6) is 0 Å². The molecule has 1 atom stereocenters. The van der Waals surface area contributed by atoms with Crippen LogP contribution in [0.1, 0.15) is 12.8 Å². The van der Waals surface area contributed by atoms with Crippen molar-refractivity contribution in [3.8, 4) is 0 Å². The summed E-state index contributed by atoms with van der Waals surface area (Å²) in [6.07, 6.45) is 1.00. The highest BCUT2D eigenvalue weighted by molar-refractivity contribution is 5.55. The molecule has 1 aliphatic rings. The summed E-state index contributed by atoms with van der Waals surface area (Å²) in [6, 6.07) is 8.14. The lowest BCUT2D eigenvalue weighted by Crippen LogP contribution is -2.36. The van der Waals surface area contributed by atoms with Gasteiger partial charge in [-0.15, -0.1) is 0 Å². The van der Waals surface area contributed by atoms with Crippen molar-refractivity contribution in [3.63, 3.8) is 0 Å². The Morgan fingerprint density at radius 3 is 2.67 bits per heavy atom. The fraction of sp³-hybridized carbons (Fsp3) is 0.500. The number of anilines is 2. The van der Waals surface area contributed by atoms with Crippen molar-refractivity contribution in [2.45, 2.75) is 19.0 Å². The SMILES string of the molecule is CNc1ccc(N2CCCC(F)C2)cc1. The molecule has 15 heavy (non-hydrogen) atoms. The van der Waals surface area contributed by atoms with E-state index in [0.29, 0.717) is 13.0 Å². The smallest absolute Gasteiger partial charge is 0.118 e. The molecule has 1 N–H and O–H groups in total. The van der Waals surface area contributed by atoms with Crippen molar-refractivity contribution in [1.29, 1.82) is 0 Å². The van der Waals surface area contributed by atoms with E-state index in [-0.39, 0.29) is 0 Å². The molecule has 1 heterocycles. The molecule has 2 rings (SSSR count). The molecule has 1 aromatic carbocycles. The van der Waals surface area contributed by atoms with Crippen molar-refractivity contribution in [2.75, 3.05) is 30.4 Å². The highest BCUT2D eigenvalue weighted by atomic mass is 19.1. The van der Waals surface area contributed by atoms with Gasteiger partial charge in [0, 0.05) is 31.5 Å². The summed E-state index contributed by atoms with van der Waals surface area (Å²) >= 11 is 0. The first-order valence-electron chi connectivity index (χ1n) is 5.46. The molecule has 1 aromatic rings. The topological polar surface area (TPSA) is 15.3 Å². The van der Waals surface area contributed by atoms with Crippen molar-refractivity contribution in [1.82, 2.24) is 0 Å². The van der Waals surface area contributed by atoms with Crippen LogP contribution in [0.2, 0.25) is 0 Å². The van der Waals surface area contributed by atoms with Crippen LogP contribution in [-0.4, -0.2) is 26.3 Å². The van der Waals surface area contributed by atoms with Crippen LogP contribution in [0, 0.1) is 0 Å². The Morgan fingerprint density at radius 2 is 2.07 bits per heavy atom. The van der Waals surface area contributed by atoms with Gasteiger partial charge in [0.1, 0.15) is 6.17 Å². The third-order valence-electron chi connectivity index (χ3n) is 2.89. The van der Waals surface area contributed by atoms with E-state index >= 15 is 0 Å². The molecule has 0 aliphatic carbocycles. The van der Waals surface area contributed by atoms with Gasteiger partial charge < -0.3 is 10.2 Å². The minimum absolute atomic E-state index is 0.541. The first-order valence-corrected chi connectivity index (χ1v) is 5.46. The highest BCUT2D eigenvalue weighted by Crippen LogP contribution is 2.22. The van der Waals surface area contributed by atoms with Gasteiger partial charge >= 0.3 is 0 Å². The number of hydrogen-bond acceptors (Lipinski definition) is 2. The summed E-state index contributed by atoms with van der Waals surface area (Å²) in [5.41, 5.74) is 2.21. The van der Waals surface area contributed by atoms with Crippen LogP contribution in [0.3, 0.4) is 0 Å². The zero-order valence-electron chi connectivity index (χ0n) is 9.04. The second-order valence-electron chi connectivity index (χ2n) is 3.98. The van der Waals surface area contributed by atoms with Crippen LogP contribution >= 0.6 is 0 Å². The maximum Gasteiger partial charge on any atom is 0.118 e. The molecule has 0 bridgehead atoms. The molecule has 0 spiro atoms. The van der Waals surface area contributed by atoms with E-state index in [1.807, 2.05) is 31.3 Å². The zero-order chi connectivity index (χ0) is 10.7. The minimum atomic E-state index is -0.664. The molecular weight excluding hydrogens is 191 g/mol. The summed E-state index contributed by atoms with van der Waals surface area (Å²) in [5.74, 6) is 0. The standard InChI is InChI=1S/C12H17FN2/c1-14-11-4-6-12(7-5-11)15-8-2-3-10(13)9-15/h4-7,10,14H,2-3,8-9H2,1H3. The lowest BCUT2D eigenvalue weighted by Gasteiger charge is -2.31. The van der Waals surface area contributed by atoms with Gasteiger partial charge in [0.25, 0.3) is 0 Å². The van der Waals surface area contributed by atoms with Crippen LogP contribution in [0.4, 0.5) is 15.8 Å². The number of hydrogen-bond donors (Lipinski definition) is 1. The molecule has 1 unspecified atom stereocenters. The largest absolute Gasteiger partial charge is 0.388 e. The normalized spacial score (nSPS) is 21.5. The molecule has 2 nitrogen and oxygen atoms in total. The van der Waals surface area contributed by atoms with E-state index in [9.17, 15) is 4.39 Å². The average Bonchev–Trinajstić information content (AvgIpc) is 2.29. The molecule has 1 fully saturated rings. The van der Waals surface area contributed by atoms with E-state index in [0.717, 1.165) is 24.3 Å². The van der Waals surface area contributed by atoms with Crippen molar-refractivity contribution in [2.24, 2.45) is 0 Å². The molecule has 0 aromatic heterocycles. The Hall–Kier alpha value is -1.25. The predicted octanol–water partition coefficient (Wildman–Crippen LogP) is 2.67. The molecule has 0 amide bonds. The number of nitrogens with one attached hydrogen (secondary N) is 1. The molecule has 0 saturated carbocycles. The number of halogens is 1. The first-order chi connectivity index (χ1) is 7.29. The Kier molecular flexibility index (Phi) is 3.09. The fourth-order valence-electron chi connectivity index (χ4n) is 2.00. The van der Waals surface area contributed by atoms with Gasteiger partial charge in [-0.25, -0.2) is 4.39 Å². The second kappa shape index (κ2) is 4.51. The van der Waals surface area contributed by atoms with Crippen LogP contribution in [-0.2, 0) is 0 Å². The lowest BCUT2D eigenvalue weighted by molar-refractivity contribution is 0.287. The van der Waals surface area contributed by atoms with E-state index in [1.54, 1.807) is 0 Å². The fourth-order valence-corrected chi connectivity index (χ4v) is 2.00. The van der Waals surface area contributed by atoms with Crippen molar-refractivity contribution >= 4 is 11.4 Å². The average molecular weight is 208 g/mol. The Morgan fingerprint density at radius 1 is 1.33 bits per heavy atom. The summed E-state index contributed by atoms with van der Waals surface area (Å²) in [7, 11) is 1.90. The summed E-state index contributed by atoms with van der Waals surface area (Å²) < 4.78 is 13.2. The maximum absolute atomic E-state index is 13.2. The van der Waals surface area contributed by atoms with Gasteiger partial charge in [-0.1, -0.05) is 0 Å². The maximum atomic E-state index is 13.2. The molecule has 1 saturated heterocycles. The van der Waals surface area contributed by atoms with E-state index < -0.39 is 6.17 Å². The minimum Gasteiger partial charge on any atom is -0.388 e. The Labute approximate surface area is 90.1 Å². The van der Waals surface area contributed by atoms with Crippen molar-refractivity contribution in [3.05, 3.63) is 24.3 Å². The molecule has 82 valence electrons. The van der Waals surface area contributed by atoms with Crippen LogP contribution in [0.15, 0.2) is 24.3 Å². The monoisotopic (exact) mass is 208 g/mol. The molecule has 3 heteroatoms. The van der Waals surface area contributed by atoms with Gasteiger partial charge in [-0.05, 0) is 37.1 Å². The Bertz CT molecular complexity index is 310. The van der Waals surface area contributed by atoms with Gasteiger partial charge in [0.2, 0.25) is 0 Å². The number of rotatable bonds is 2. The third kappa shape index (κ3) is 2.41. The number of alkyl halides is 1. The van der Waals surface area contributed by atoms with Crippen LogP contribution < -0.4 is 10.2 Å². The van der Waals surface area contributed by atoms with E-state index in [1.165, 1.54) is 0 Å².